The van der Waals surface area contributed by atoms with Crippen molar-refractivity contribution < 1.29 is 15.0 Å². The number of aromatic hydroxyl groups is 1. The topological polar surface area (TPSA) is 108 Å². The van der Waals surface area contributed by atoms with Crippen LogP contribution in [0.25, 0.3) is 5.69 Å². The molecule has 2 aromatic rings. The van der Waals surface area contributed by atoms with Gasteiger partial charge in [-0.05, 0) is 54.9 Å². The minimum atomic E-state index is -1.10. The fourth-order valence-corrected chi connectivity index (χ4v) is 3.01. The van der Waals surface area contributed by atoms with Gasteiger partial charge < -0.3 is 10.2 Å². The fraction of sp³-hybridized carbons (Fsp3) is 0.250. The number of H-pyrrole nitrogens is 1. The van der Waals surface area contributed by atoms with Gasteiger partial charge in [0.05, 0.1) is 5.69 Å². The molecule has 1 aromatic carbocycles. The van der Waals surface area contributed by atoms with Gasteiger partial charge in [-0.1, -0.05) is 11.6 Å². The molecular formula is C16H16ClN3O4S2. The summed E-state index contributed by atoms with van der Waals surface area (Å²) >= 11 is 12.5. The summed E-state index contributed by atoms with van der Waals surface area (Å²) in [6.07, 6.45) is 3.23. The highest BCUT2D eigenvalue weighted by atomic mass is 35.5. The lowest BCUT2D eigenvalue weighted by atomic mass is 10.2. The zero-order valence-corrected chi connectivity index (χ0v) is 16.1. The van der Waals surface area contributed by atoms with Gasteiger partial charge in [0.25, 0.3) is 5.56 Å². The van der Waals surface area contributed by atoms with Gasteiger partial charge in [-0.25, -0.2) is 4.79 Å². The molecule has 1 heterocycles. The van der Waals surface area contributed by atoms with Crippen molar-refractivity contribution in [3.05, 3.63) is 50.0 Å². The van der Waals surface area contributed by atoms with Gasteiger partial charge in [-0.15, -0.1) is 0 Å². The van der Waals surface area contributed by atoms with Crippen LogP contribution in [-0.4, -0.2) is 50.0 Å². The number of carboxylic acids is 1. The highest BCUT2D eigenvalue weighted by molar-refractivity contribution is 7.98. The molecule has 0 saturated carbocycles. The van der Waals surface area contributed by atoms with E-state index in [-0.39, 0.29) is 10.3 Å². The van der Waals surface area contributed by atoms with Crippen LogP contribution in [-0.2, 0) is 4.79 Å². The van der Waals surface area contributed by atoms with Gasteiger partial charge in [0.1, 0.15) is 11.6 Å². The molecule has 0 aliphatic carbocycles. The Morgan fingerprint density at radius 1 is 1.46 bits per heavy atom. The predicted molar refractivity (Wildman–Crippen MR) is 106 cm³/mol. The molecule has 0 spiro atoms. The Labute approximate surface area is 163 Å². The summed E-state index contributed by atoms with van der Waals surface area (Å²) in [5.41, 5.74) is -0.348. The van der Waals surface area contributed by atoms with E-state index in [1.54, 1.807) is 24.3 Å². The predicted octanol–water partition coefficient (Wildman–Crippen LogP) is 2.88. The molecule has 0 bridgehead atoms. The number of carbonyl (C=O) groups is 1. The SMILES string of the molecule is CSCC[C@H](N=Cc1c(O)n(-c2ccc(Cl)cc2)c(=S)[nH]c1=O)C(=O)O. The van der Waals surface area contributed by atoms with Gasteiger partial charge in [0.2, 0.25) is 5.88 Å². The first kappa shape index (κ1) is 20.2. The van der Waals surface area contributed by atoms with Crippen LogP contribution in [0.1, 0.15) is 12.0 Å². The Morgan fingerprint density at radius 3 is 2.69 bits per heavy atom. The third kappa shape index (κ3) is 4.75. The van der Waals surface area contributed by atoms with Crippen molar-refractivity contribution in [2.45, 2.75) is 12.5 Å². The van der Waals surface area contributed by atoms with Crippen LogP contribution < -0.4 is 5.56 Å². The Hall–Kier alpha value is -2.10. The van der Waals surface area contributed by atoms with Gasteiger partial charge in [-0.3, -0.25) is 19.3 Å². The lowest BCUT2D eigenvalue weighted by Crippen LogP contribution is -2.21. The van der Waals surface area contributed by atoms with Crippen LogP contribution in [0, 0.1) is 4.77 Å². The zero-order chi connectivity index (χ0) is 19.3. The number of hydrogen-bond acceptors (Lipinski definition) is 6. The summed E-state index contributed by atoms with van der Waals surface area (Å²) in [6.45, 7) is 0. The average molecular weight is 414 g/mol. The molecule has 0 amide bonds. The molecule has 3 N–H and O–H groups in total. The van der Waals surface area contributed by atoms with Crippen LogP contribution in [0.15, 0.2) is 34.1 Å². The van der Waals surface area contributed by atoms with Gasteiger partial charge in [0.15, 0.2) is 4.77 Å². The number of benzene rings is 1. The molecule has 1 atom stereocenters. The molecule has 0 radical (unpaired) electrons. The molecule has 0 unspecified atom stereocenters. The summed E-state index contributed by atoms with van der Waals surface area (Å²) in [4.78, 5) is 29.8. The third-order valence-electron chi connectivity index (χ3n) is 3.47. The molecular weight excluding hydrogens is 398 g/mol. The van der Waals surface area contributed by atoms with Crippen LogP contribution in [0.4, 0.5) is 0 Å². The standard InChI is InChI=1S/C16H16ClN3O4S2/c1-26-7-6-12(15(23)24)18-8-11-13(21)19-16(25)20(14(11)22)10-4-2-9(17)3-5-10/h2-5,8,12,22H,6-7H2,1H3,(H,23,24)(H,19,21,25)/t12-/m0/s1. The lowest BCUT2D eigenvalue weighted by Gasteiger charge is -2.11. The van der Waals surface area contributed by atoms with Crippen molar-refractivity contribution in [3.63, 3.8) is 0 Å². The summed E-state index contributed by atoms with van der Waals surface area (Å²) in [7, 11) is 0. The van der Waals surface area contributed by atoms with Crippen LogP contribution in [0.3, 0.4) is 0 Å². The summed E-state index contributed by atoms with van der Waals surface area (Å²) < 4.78 is 1.23. The van der Waals surface area contributed by atoms with Crippen molar-refractivity contribution in [2.75, 3.05) is 12.0 Å². The van der Waals surface area contributed by atoms with Crippen molar-refractivity contribution in [1.82, 2.24) is 9.55 Å². The van der Waals surface area contributed by atoms with Crippen LogP contribution in [0.2, 0.25) is 5.02 Å². The second-order valence-electron chi connectivity index (χ2n) is 5.22. The highest BCUT2D eigenvalue weighted by Gasteiger charge is 2.17. The first-order valence-electron chi connectivity index (χ1n) is 7.44. The van der Waals surface area contributed by atoms with Crippen molar-refractivity contribution in [3.8, 4) is 11.6 Å². The van der Waals surface area contributed by atoms with Gasteiger partial charge >= 0.3 is 5.97 Å². The van der Waals surface area contributed by atoms with E-state index in [0.717, 1.165) is 6.21 Å². The third-order valence-corrected chi connectivity index (χ3v) is 4.65. The maximum atomic E-state index is 12.1. The quantitative estimate of drug-likeness (QED) is 0.476. The van der Waals surface area contributed by atoms with E-state index < -0.39 is 23.5 Å². The number of aliphatic carboxylic acids is 1. The second kappa shape index (κ2) is 9.02. The molecule has 26 heavy (non-hydrogen) atoms. The van der Waals surface area contributed by atoms with Crippen molar-refractivity contribution >= 4 is 47.8 Å². The molecule has 0 fully saturated rings. The second-order valence-corrected chi connectivity index (χ2v) is 7.03. The first-order valence-corrected chi connectivity index (χ1v) is 9.62. The molecule has 0 aliphatic heterocycles. The number of aromatic amines is 1. The largest absolute Gasteiger partial charge is 0.494 e. The fourth-order valence-electron chi connectivity index (χ4n) is 2.14. The van der Waals surface area contributed by atoms with Gasteiger partial charge in [-0.2, -0.15) is 11.8 Å². The Balaban J connectivity index is 2.49. The molecule has 0 saturated heterocycles. The number of thioether (sulfide) groups is 1. The maximum absolute atomic E-state index is 12.1. The minimum Gasteiger partial charge on any atom is -0.494 e. The molecule has 0 aliphatic rings. The normalized spacial score (nSPS) is 12.4. The lowest BCUT2D eigenvalue weighted by molar-refractivity contribution is -0.138. The van der Waals surface area contributed by atoms with E-state index in [1.165, 1.54) is 16.3 Å². The highest BCUT2D eigenvalue weighted by Crippen LogP contribution is 2.20. The summed E-state index contributed by atoms with van der Waals surface area (Å²) in [5.74, 6) is -0.928. The first-order chi connectivity index (χ1) is 12.3. The number of carboxylic acid groups (broad SMARTS) is 1. The summed E-state index contributed by atoms with van der Waals surface area (Å²) in [5, 5.41) is 20.2. The smallest absolute Gasteiger partial charge is 0.328 e. The van der Waals surface area contributed by atoms with E-state index in [2.05, 4.69) is 9.98 Å². The number of rotatable bonds is 7. The van der Waals surface area contributed by atoms with E-state index in [9.17, 15) is 19.8 Å². The number of nitrogens with zero attached hydrogens (tertiary/aromatic N) is 2. The molecule has 10 heteroatoms. The molecule has 2 rings (SSSR count). The number of halogens is 1. The van der Waals surface area contributed by atoms with E-state index in [1.807, 2.05) is 6.26 Å². The van der Waals surface area contributed by atoms with Crippen LogP contribution >= 0.6 is 35.6 Å². The average Bonchev–Trinajstić information content (AvgIpc) is 2.58. The summed E-state index contributed by atoms with van der Waals surface area (Å²) in [6, 6.07) is 5.46. The molecule has 7 nitrogen and oxygen atoms in total. The Kier molecular flexibility index (Phi) is 7.01. The number of aromatic nitrogens is 2. The van der Waals surface area contributed by atoms with E-state index >= 15 is 0 Å². The monoisotopic (exact) mass is 413 g/mol. The van der Waals surface area contributed by atoms with Gasteiger partial charge in [0, 0.05) is 11.2 Å². The van der Waals surface area contributed by atoms with E-state index in [0.29, 0.717) is 22.9 Å². The number of hydrogen-bond donors (Lipinski definition) is 3. The zero-order valence-electron chi connectivity index (χ0n) is 13.7. The number of aliphatic imine (C=N–C) groups is 1. The van der Waals surface area contributed by atoms with Crippen LogP contribution in [0.5, 0.6) is 5.88 Å². The van der Waals surface area contributed by atoms with Crippen molar-refractivity contribution in [2.24, 2.45) is 4.99 Å². The molecule has 138 valence electrons. The minimum absolute atomic E-state index is 0.0101. The molecule has 1 aromatic heterocycles. The Bertz CT molecular complexity index is 938. The van der Waals surface area contributed by atoms with Crippen molar-refractivity contribution in [1.29, 1.82) is 0 Å². The number of nitrogens with one attached hydrogen (secondary N) is 1. The Morgan fingerprint density at radius 2 is 2.12 bits per heavy atom. The maximum Gasteiger partial charge on any atom is 0.328 e. The van der Waals surface area contributed by atoms with E-state index in [4.69, 9.17) is 23.8 Å².